The number of amides is 1. The third kappa shape index (κ3) is 4.24. The number of carboxylic acid groups (broad SMARTS) is 1. The highest BCUT2D eigenvalue weighted by Gasteiger charge is 2.28. The monoisotopic (exact) mass is 344 g/mol. The van der Waals surface area contributed by atoms with Crippen LogP contribution >= 0.6 is 0 Å². The molecule has 0 bridgehead atoms. The number of aromatic nitrogens is 1. The number of aliphatic carboxylic acids is 1. The van der Waals surface area contributed by atoms with Crippen molar-refractivity contribution >= 4 is 11.9 Å². The van der Waals surface area contributed by atoms with Crippen molar-refractivity contribution in [3.05, 3.63) is 41.9 Å². The highest BCUT2D eigenvalue weighted by molar-refractivity contribution is 5.78. The van der Waals surface area contributed by atoms with E-state index in [-0.39, 0.29) is 25.5 Å². The Bertz CT molecular complexity index is 753. The lowest BCUT2D eigenvalue weighted by Gasteiger charge is -2.30. The van der Waals surface area contributed by atoms with Gasteiger partial charge in [0, 0.05) is 24.9 Å². The first-order valence-electron chi connectivity index (χ1n) is 8.17. The van der Waals surface area contributed by atoms with Gasteiger partial charge in [0.15, 0.2) is 17.8 Å². The standard InChI is InChI=1S/C18H20N2O5/c1-12-2-4-13(5-3-12)14-10-19-16(25-14)6-7-17(21)20-8-9-24-15(11-20)18(22)23/h2-5,10,15H,6-9,11H2,1H3,(H,22,23)/t15-/m1/s1. The minimum absolute atomic E-state index is 0.0777. The van der Waals surface area contributed by atoms with Gasteiger partial charge in [0.25, 0.3) is 0 Å². The van der Waals surface area contributed by atoms with E-state index in [9.17, 15) is 9.59 Å². The number of rotatable bonds is 5. The molecule has 1 atom stereocenters. The lowest BCUT2D eigenvalue weighted by atomic mass is 10.1. The van der Waals surface area contributed by atoms with Crippen LogP contribution in [0.4, 0.5) is 0 Å². The molecule has 132 valence electrons. The summed E-state index contributed by atoms with van der Waals surface area (Å²) in [6, 6.07) is 7.92. The number of carbonyl (C=O) groups excluding carboxylic acids is 1. The van der Waals surface area contributed by atoms with Gasteiger partial charge in [-0.1, -0.05) is 29.8 Å². The van der Waals surface area contributed by atoms with Crippen molar-refractivity contribution in [3.8, 4) is 11.3 Å². The number of hydrogen-bond acceptors (Lipinski definition) is 5. The number of oxazole rings is 1. The summed E-state index contributed by atoms with van der Waals surface area (Å²) >= 11 is 0. The fourth-order valence-corrected chi connectivity index (χ4v) is 2.67. The van der Waals surface area contributed by atoms with Crippen molar-refractivity contribution in [3.63, 3.8) is 0 Å². The first kappa shape index (κ1) is 17.2. The van der Waals surface area contributed by atoms with Crippen molar-refractivity contribution in [2.45, 2.75) is 25.9 Å². The molecule has 1 aromatic heterocycles. The predicted octanol–water partition coefficient (Wildman–Crippen LogP) is 1.89. The number of carboxylic acids is 1. The van der Waals surface area contributed by atoms with Crippen molar-refractivity contribution < 1.29 is 23.8 Å². The van der Waals surface area contributed by atoms with E-state index in [1.807, 2.05) is 31.2 Å². The van der Waals surface area contributed by atoms with Crippen molar-refractivity contribution in [2.75, 3.05) is 19.7 Å². The molecular formula is C18H20N2O5. The predicted molar refractivity (Wildman–Crippen MR) is 89.0 cm³/mol. The molecule has 1 aliphatic heterocycles. The van der Waals surface area contributed by atoms with Crippen LogP contribution in [-0.2, 0) is 20.7 Å². The second-order valence-corrected chi connectivity index (χ2v) is 6.02. The van der Waals surface area contributed by atoms with Gasteiger partial charge in [-0.3, -0.25) is 4.79 Å². The van der Waals surface area contributed by atoms with Crippen LogP contribution in [0, 0.1) is 6.92 Å². The maximum Gasteiger partial charge on any atom is 0.334 e. The summed E-state index contributed by atoms with van der Waals surface area (Å²) < 4.78 is 10.8. The molecule has 3 rings (SSSR count). The second kappa shape index (κ2) is 7.48. The topological polar surface area (TPSA) is 92.9 Å². The third-order valence-electron chi connectivity index (χ3n) is 4.14. The zero-order valence-corrected chi connectivity index (χ0v) is 14.0. The van der Waals surface area contributed by atoms with Gasteiger partial charge >= 0.3 is 5.97 Å². The van der Waals surface area contributed by atoms with E-state index < -0.39 is 12.1 Å². The fraction of sp³-hybridized carbons (Fsp3) is 0.389. The number of nitrogens with zero attached hydrogens (tertiary/aromatic N) is 2. The van der Waals surface area contributed by atoms with E-state index in [4.69, 9.17) is 14.3 Å². The van der Waals surface area contributed by atoms with Gasteiger partial charge in [-0.2, -0.15) is 0 Å². The Morgan fingerprint density at radius 1 is 1.32 bits per heavy atom. The Hall–Kier alpha value is -2.67. The fourth-order valence-electron chi connectivity index (χ4n) is 2.67. The normalized spacial score (nSPS) is 17.5. The molecule has 0 saturated carbocycles. The van der Waals surface area contributed by atoms with Gasteiger partial charge in [-0.05, 0) is 6.92 Å². The van der Waals surface area contributed by atoms with Gasteiger partial charge in [0.05, 0.1) is 19.3 Å². The maximum atomic E-state index is 12.3. The number of morpholine rings is 1. The van der Waals surface area contributed by atoms with E-state index >= 15 is 0 Å². The SMILES string of the molecule is Cc1ccc(-c2cnc(CCC(=O)N3CCO[C@@H](C(=O)O)C3)o2)cc1. The summed E-state index contributed by atoms with van der Waals surface area (Å²) in [4.78, 5) is 29.0. The van der Waals surface area contributed by atoms with E-state index in [1.165, 1.54) is 10.5 Å². The molecule has 25 heavy (non-hydrogen) atoms. The molecule has 1 aromatic carbocycles. The van der Waals surface area contributed by atoms with Crippen LogP contribution in [0.3, 0.4) is 0 Å². The summed E-state index contributed by atoms with van der Waals surface area (Å²) in [6.07, 6.45) is 1.30. The molecule has 0 unspecified atom stereocenters. The molecule has 1 amide bonds. The third-order valence-corrected chi connectivity index (χ3v) is 4.14. The van der Waals surface area contributed by atoms with Crippen LogP contribution in [0.25, 0.3) is 11.3 Å². The summed E-state index contributed by atoms with van der Waals surface area (Å²) in [7, 11) is 0. The largest absolute Gasteiger partial charge is 0.479 e. The molecule has 0 spiro atoms. The second-order valence-electron chi connectivity index (χ2n) is 6.02. The van der Waals surface area contributed by atoms with Gasteiger partial charge < -0.3 is 19.2 Å². The van der Waals surface area contributed by atoms with Gasteiger partial charge in [-0.25, -0.2) is 9.78 Å². The molecular weight excluding hydrogens is 324 g/mol. The van der Waals surface area contributed by atoms with Crippen LogP contribution in [-0.4, -0.2) is 52.7 Å². The molecule has 1 N–H and O–H groups in total. The first-order chi connectivity index (χ1) is 12.0. The Kier molecular flexibility index (Phi) is 5.14. The summed E-state index contributed by atoms with van der Waals surface area (Å²) in [6.45, 7) is 2.73. The lowest BCUT2D eigenvalue weighted by molar-refractivity contribution is -0.159. The van der Waals surface area contributed by atoms with Crippen molar-refractivity contribution in [1.82, 2.24) is 9.88 Å². The smallest absolute Gasteiger partial charge is 0.334 e. The molecule has 1 fully saturated rings. The average Bonchev–Trinajstić information content (AvgIpc) is 3.09. The minimum atomic E-state index is -1.05. The first-order valence-corrected chi connectivity index (χ1v) is 8.17. The Morgan fingerprint density at radius 3 is 2.80 bits per heavy atom. The molecule has 0 aliphatic carbocycles. The minimum Gasteiger partial charge on any atom is -0.479 e. The molecule has 7 nitrogen and oxygen atoms in total. The van der Waals surface area contributed by atoms with E-state index in [0.29, 0.717) is 24.6 Å². The van der Waals surface area contributed by atoms with E-state index in [2.05, 4.69) is 4.98 Å². The van der Waals surface area contributed by atoms with Crippen LogP contribution < -0.4 is 0 Å². The van der Waals surface area contributed by atoms with Gasteiger partial charge in [0.1, 0.15) is 0 Å². The zero-order valence-electron chi connectivity index (χ0n) is 14.0. The summed E-state index contributed by atoms with van der Waals surface area (Å²) in [5.41, 5.74) is 2.10. The molecule has 1 aliphatic rings. The number of aryl methyl sites for hydroxylation is 2. The van der Waals surface area contributed by atoms with Crippen LogP contribution in [0.2, 0.25) is 0 Å². The van der Waals surface area contributed by atoms with E-state index in [0.717, 1.165) is 5.56 Å². The molecule has 7 heteroatoms. The molecule has 1 saturated heterocycles. The number of hydrogen-bond donors (Lipinski definition) is 1. The quantitative estimate of drug-likeness (QED) is 0.890. The lowest BCUT2D eigenvalue weighted by Crippen LogP contribution is -2.48. The molecule has 2 aromatic rings. The summed E-state index contributed by atoms with van der Waals surface area (Å²) in [5, 5.41) is 8.99. The van der Waals surface area contributed by atoms with Crippen LogP contribution in [0.5, 0.6) is 0 Å². The molecule has 2 heterocycles. The van der Waals surface area contributed by atoms with Gasteiger partial charge in [0.2, 0.25) is 5.91 Å². The Morgan fingerprint density at radius 2 is 2.08 bits per heavy atom. The number of carbonyl (C=O) groups is 2. The van der Waals surface area contributed by atoms with Crippen LogP contribution in [0.15, 0.2) is 34.9 Å². The highest BCUT2D eigenvalue weighted by atomic mass is 16.5. The highest BCUT2D eigenvalue weighted by Crippen LogP contribution is 2.21. The molecule has 0 radical (unpaired) electrons. The van der Waals surface area contributed by atoms with Gasteiger partial charge in [-0.15, -0.1) is 0 Å². The zero-order chi connectivity index (χ0) is 17.8. The maximum absolute atomic E-state index is 12.3. The Labute approximate surface area is 145 Å². The average molecular weight is 344 g/mol. The van der Waals surface area contributed by atoms with Crippen molar-refractivity contribution in [1.29, 1.82) is 0 Å². The van der Waals surface area contributed by atoms with Crippen molar-refractivity contribution in [2.24, 2.45) is 0 Å². The van der Waals surface area contributed by atoms with E-state index in [1.54, 1.807) is 6.20 Å². The summed E-state index contributed by atoms with van der Waals surface area (Å²) in [5.74, 6) is -0.00990. The Balaban J connectivity index is 1.56. The number of ether oxygens (including phenoxy) is 1. The number of benzene rings is 1. The van der Waals surface area contributed by atoms with Crippen LogP contribution in [0.1, 0.15) is 17.9 Å².